The number of carbonyl (C=O) groups is 2. The highest BCUT2D eigenvalue weighted by molar-refractivity contribution is 6.53. The average Bonchev–Trinajstić information content (AvgIpc) is 3.46. The van der Waals surface area contributed by atoms with E-state index in [1.165, 1.54) is 35.2 Å². The van der Waals surface area contributed by atoms with Crippen LogP contribution in [0.3, 0.4) is 0 Å². The summed E-state index contributed by atoms with van der Waals surface area (Å²) < 4.78 is 15.7. The second-order valence-electron chi connectivity index (χ2n) is 13.3. The van der Waals surface area contributed by atoms with Gasteiger partial charge in [-0.2, -0.15) is 0 Å². The van der Waals surface area contributed by atoms with Crippen molar-refractivity contribution in [3.63, 3.8) is 0 Å². The minimum atomic E-state index is -2.06. The molecule has 14 nitrogen and oxygen atoms in total. The molecule has 52 heavy (non-hydrogen) atoms. The van der Waals surface area contributed by atoms with E-state index in [-0.39, 0.29) is 42.9 Å². The Hall–Kier alpha value is -5.34. The normalized spacial score (nSPS) is 23.8. The van der Waals surface area contributed by atoms with Crippen LogP contribution in [0, 0.1) is 0 Å². The van der Waals surface area contributed by atoms with Gasteiger partial charge in [-0.1, -0.05) is 42.5 Å². The molecule has 2 amide bonds. The molecule has 0 bridgehead atoms. The van der Waals surface area contributed by atoms with E-state index in [0.29, 0.717) is 33.5 Å². The summed E-state index contributed by atoms with van der Waals surface area (Å²) in [5.41, 5.74) is 0.0145. The topological polar surface area (TPSA) is 160 Å². The number of phenolic OH excluding ortho intramolecular Hbond substituents is 1. The standard InChI is InChI=1S/C36H32Cl2N6O8/c1-40-24-16-27(52-4)26(51-3)15-23(24)39-22(30(40)46)12-13-42-33(49)43-14-11-20-25(44(43)34(42)50)17-35(37)31(47)41(2)32(48)36(35,38)28(20)21-10-9-18-7-5-6-8-19(18)29(21)45/h5-11,15-16,25,28,45H,12-14,17H2,1-4H3. The minimum absolute atomic E-state index is 0.0589. The molecule has 16 heteroatoms. The van der Waals surface area contributed by atoms with Gasteiger partial charge in [-0.15, -0.1) is 23.2 Å². The zero-order valence-electron chi connectivity index (χ0n) is 28.4. The highest BCUT2D eigenvalue weighted by Gasteiger charge is 2.75. The molecular formula is C36H32Cl2N6O8. The van der Waals surface area contributed by atoms with Gasteiger partial charge in [-0.05, 0) is 11.0 Å². The van der Waals surface area contributed by atoms with Gasteiger partial charge in [-0.25, -0.2) is 28.5 Å². The number of aromatic hydroxyl groups is 1. The minimum Gasteiger partial charge on any atom is -0.507 e. The SMILES string of the molecule is COc1cc2nc(CCn3c(=O)n4n(c3=O)C3CC5(Cl)C(=O)N(C)C(=O)C5(Cl)C(c5ccc6ccccc6c5O)C3=CC4)c(=O)n(C)c2cc1OC. The van der Waals surface area contributed by atoms with Gasteiger partial charge in [0.2, 0.25) is 0 Å². The number of phenols is 1. The first-order valence-electron chi connectivity index (χ1n) is 16.4. The fourth-order valence-electron chi connectivity index (χ4n) is 8.19. The number of alkyl halides is 2. The lowest BCUT2D eigenvalue weighted by Gasteiger charge is -2.49. The first kappa shape index (κ1) is 33.8. The van der Waals surface area contributed by atoms with Crippen LogP contribution in [0.15, 0.2) is 74.6 Å². The molecule has 1 saturated carbocycles. The molecule has 8 rings (SSSR count). The van der Waals surface area contributed by atoms with Crippen LogP contribution >= 0.6 is 23.2 Å². The Labute approximate surface area is 304 Å². The summed E-state index contributed by atoms with van der Waals surface area (Å²) in [6.07, 6.45) is 1.36. The third kappa shape index (κ3) is 4.30. The highest BCUT2D eigenvalue weighted by atomic mass is 35.5. The zero-order chi connectivity index (χ0) is 37.0. The van der Waals surface area contributed by atoms with Crippen molar-refractivity contribution in [1.29, 1.82) is 0 Å². The van der Waals surface area contributed by atoms with Gasteiger partial charge in [0.1, 0.15) is 11.4 Å². The van der Waals surface area contributed by atoms with Crippen LogP contribution in [-0.4, -0.2) is 76.3 Å². The number of methoxy groups -OCH3 is 2. The molecule has 0 radical (unpaired) electrons. The number of allylic oxidation sites excluding steroid dienone is 2. The van der Waals surface area contributed by atoms with E-state index in [9.17, 15) is 29.1 Å². The average molecular weight is 748 g/mol. The molecule has 268 valence electrons. The number of hydrogen-bond donors (Lipinski definition) is 1. The van der Waals surface area contributed by atoms with Crippen molar-refractivity contribution >= 4 is 56.8 Å². The maximum absolute atomic E-state index is 14.3. The monoisotopic (exact) mass is 746 g/mol. The lowest BCUT2D eigenvalue weighted by atomic mass is 9.64. The Morgan fingerprint density at radius 2 is 1.65 bits per heavy atom. The quantitative estimate of drug-likeness (QED) is 0.157. The third-order valence-corrected chi connectivity index (χ3v) is 12.2. The highest BCUT2D eigenvalue weighted by Crippen LogP contribution is 2.64. The maximum atomic E-state index is 14.3. The lowest BCUT2D eigenvalue weighted by Crippen LogP contribution is -2.59. The molecule has 3 aliphatic rings. The van der Waals surface area contributed by atoms with Gasteiger partial charge in [0.15, 0.2) is 21.2 Å². The Morgan fingerprint density at radius 1 is 0.942 bits per heavy atom. The number of rotatable bonds is 6. The van der Waals surface area contributed by atoms with Crippen molar-refractivity contribution in [2.24, 2.45) is 7.05 Å². The number of ether oxygens (including phenoxy) is 2. The maximum Gasteiger partial charge on any atom is 0.347 e. The molecule has 1 aliphatic carbocycles. The number of hydrogen-bond acceptors (Lipinski definition) is 9. The second-order valence-corrected chi connectivity index (χ2v) is 14.5. The van der Waals surface area contributed by atoms with Crippen molar-refractivity contribution in [3.05, 3.63) is 103 Å². The number of carbonyl (C=O) groups excluding carboxylic acids is 2. The molecule has 2 fully saturated rings. The van der Waals surface area contributed by atoms with E-state index in [0.717, 1.165) is 14.9 Å². The fraction of sp³-hybridized carbons (Fsp3) is 0.333. The number of benzene rings is 3. The Kier molecular flexibility index (Phi) is 7.53. The zero-order valence-corrected chi connectivity index (χ0v) is 29.9. The summed E-state index contributed by atoms with van der Waals surface area (Å²) in [5.74, 6) is -1.95. The van der Waals surface area contributed by atoms with Gasteiger partial charge < -0.3 is 19.1 Å². The van der Waals surface area contributed by atoms with Crippen LogP contribution in [-0.2, 0) is 36.1 Å². The molecule has 3 aromatic carbocycles. The largest absolute Gasteiger partial charge is 0.507 e. The van der Waals surface area contributed by atoms with E-state index < -0.39 is 50.5 Å². The van der Waals surface area contributed by atoms with Gasteiger partial charge in [0.05, 0.1) is 37.8 Å². The van der Waals surface area contributed by atoms with Crippen LogP contribution in [0.5, 0.6) is 17.2 Å². The molecular weight excluding hydrogens is 715 g/mol. The van der Waals surface area contributed by atoms with Crippen molar-refractivity contribution in [2.45, 2.75) is 47.6 Å². The number of amides is 2. The summed E-state index contributed by atoms with van der Waals surface area (Å²) in [7, 11) is 5.85. The molecule has 4 heterocycles. The van der Waals surface area contributed by atoms with E-state index in [1.807, 2.05) is 12.1 Å². The van der Waals surface area contributed by atoms with Crippen molar-refractivity contribution in [1.82, 2.24) is 28.4 Å². The number of aromatic nitrogens is 5. The van der Waals surface area contributed by atoms with Crippen LogP contribution in [0.1, 0.15) is 29.6 Å². The van der Waals surface area contributed by atoms with Crippen LogP contribution in [0.25, 0.3) is 21.8 Å². The van der Waals surface area contributed by atoms with Gasteiger partial charge in [0, 0.05) is 62.5 Å². The van der Waals surface area contributed by atoms with Crippen molar-refractivity contribution < 1.29 is 24.2 Å². The van der Waals surface area contributed by atoms with Crippen LogP contribution in [0.4, 0.5) is 0 Å². The fourth-order valence-corrected chi connectivity index (χ4v) is 9.18. The number of fused-ring (bicyclic) bond motifs is 6. The lowest BCUT2D eigenvalue weighted by molar-refractivity contribution is -0.137. The van der Waals surface area contributed by atoms with E-state index in [1.54, 1.807) is 49.5 Å². The molecule has 2 aromatic heterocycles. The van der Waals surface area contributed by atoms with Gasteiger partial charge in [0.25, 0.3) is 17.4 Å². The molecule has 1 N–H and O–H groups in total. The molecule has 1 saturated heterocycles. The Bertz CT molecular complexity index is 2620. The number of aryl methyl sites for hydroxylation is 2. The summed E-state index contributed by atoms with van der Waals surface area (Å²) >= 11 is 14.5. The van der Waals surface area contributed by atoms with Gasteiger partial charge in [-0.3, -0.25) is 19.3 Å². The first-order chi connectivity index (χ1) is 24.8. The number of imide groups is 1. The van der Waals surface area contributed by atoms with E-state index in [2.05, 4.69) is 4.98 Å². The van der Waals surface area contributed by atoms with E-state index in [4.69, 9.17) is 32.7 Å². The smallest absolute Gasteiger partial charge is 0.347 e. The molecule has 0 spiro atoms. The van der Waals surface area contributed by atoms with Crippen molar-refractivity contribution in [3.8, 4) is 17.2 Å². The predicted molar refractivity (Wildman–Crippen MR) is 192 cm³/mol. The summed E-state index contributed by atoms with van der Waals surface area (Å²) in [4.78, 5) is 70.5. The Balaban J connectivity index is 1.23. The van der Waals surface area contributed by atoms with Gasteiger partial charge >= 0.3 is 11.4 Å². The van der Waals surface area contributed by atoms with E-state index >= 15 is 0 Å². The third-order valence-electron chi connectivity index (χ3n) is 10.8. The number of nitrogens with zero attached hydrogens (tertiary/aromatic N) is 6. The van der Waals surface area contributed by atoms with Crippen LogP contribution in [0.2, 0.25) is 0 Å². The molecule has 4 unspecified atom stereocenters. The summed E-state index contributed by atoms with van der Waals surface area (Å²) in [5, 5.41) is 12.9. The summed E-state index contributed by atoms with van der Waals surface area (Å²) in [6.45, 7) is -0.260. The molecule has 2 aliphatic heterocycles. The second kappa shape index (κ2) is 11.6. The predicted octanol–water partition coefficient (Wildman–Crippen LogP) is 2.80. The first-order valence-corrected chi connectivity index (χ1v) is 17.2. The molecule has 4 atom stereocenters. The number of halogens is 2. The van der Waals surface area contributed by atoms with Crippen molar-refractivity contribution in [2.75, 3.05) is 21.3 Å². The molecule has 5 aromatic rings. The number of likely N-dealkylation sites (tertiary alicyclic amines) is 1. The summed E-state index contributed by atoms with van der Waals surface area (Å²) in [6, 6.07) is 12.8. The van der Waals surface area contributed by atoms with Crippen LogP contribution < -0.4 is 26.4 Å². The Morgan fingerprint density at radius 3 is 2.38 bits per heavy atom.